The highest BCUT2D eigenvalue weighted by atomic mass is 32.1. The van der Waals surface area contributed by atoms with Crippen LogP contribution in [0.5, 0.6) is 5.75 Å². The van der Waals surface area contributed by atoms with Crippen LogP contribution < -0.4 is 4.74 Å². The Morgan fingerprint density at radius 1 is 0.955 bits per heavy atom. The van der Waals surface area contributed by atoms with Crippen LogP contribution in [0.1, 0.15) is 58.5 Å². The number of carbonyl (C=O) groups excluding carboxylic acids is 3. The van der Waals surface area contributed by atoms with Crippen LogP contribution in [0, 0.1) is 6.92 Å². The zero-order chi connectivity index (χ0) is 16.7. The molecule has 122 valence electrons. The number of hydrogen-bond acceptors (Lipinski definition) is 7. The summed E-state index contributed by atoms with van der Waals surface area (Å²) in [4.78, 5) is 36.0. The lowest BCUT2D eigenvalue weighted by molar-refractivity contribution is -0.134. The maximum atomic E-state index is 12.0. The molecular formula is C15H20O6S. The third kappa shape index (κ3) is 4.30. The van der Waals surface area contributed by atoms with Crippen molar-refractivity contribution < 1.29 is 28.6 Å². The van der Waals surface area contributed by atoms with E-state index in [4.69, 9.17) is 14.2 Å². The van der Waals surface area contributed by atoms with Gasteiger partial charge >= 0.3 is 17.9 Å². The summed E-state index contributed by atoms with van der Waals surface area (Å²) >= 11 is 0.916. The first-order valence-corrected chi connectivity index (χ1v) is 7.96. The van der Waals surface area contributed by atoms with E-state index < -0.39 is 17.9 Å². The van der Waals surface area contributed by atoms with Crippen molar-refractivity contribution in [3.05, 3.63) is 15.3 Å². The van der Waals surface area contributed by atoms with Crippen LogP contribution >= 0.6 is 11.3 Å². The number of hydrogen-bond donors (Lipinski definition) is 0. The molecule has 7 heteroatoms. The second kappa shape index (κ2) is 8.53. The molecule has 0 unspecified atom stereocenters. The summed E-state index contributed by atoms with van der Waals surface area (Å²) in [5, 5.41) is 0. The molecule has 0 radical (unpaired) electrons. The third-order valence-corrected chi connectivity index (χ3v) is 3.92. The van der Waals surface area contributed by atoms with E-state index in [1.807, 2.05) is 6.92 Å². The monoisotopic (exact) mass is 328 g/mol. The molecule has 1 heterocycles. The maximum Gasteiger partial charge on any atom is 0.352 e. The van der Waals surface area contributed by atoms with Gasteiger partial charge in [0.25, 0.3) is 0 Å². The predicted molar refractivity (Wildman–Crippen MR) is 81.5 cm³/mol. The normalized spacial score (nSPS) is 10.2. The van der Waals surface area contributed by atoms with E-state index >= 15 is 0 Å². The fourth-order valence-corrected chi connectivity index (χ4v) is 2.73. The van der Waals surface area contributed by atoms with Gasteiger partial charge in [-0.3, -0.25) is 4.79 Å². The van der Waals surface area contributed by atoms with Gasteiger partial charge < -0.3 is 14.2 Å². The molecule has 1 aromatic heterocycles. The lowest BCUT2D eigenvalue weighted by Gasteiger charge is -2.06. The van der Waals surface area contributed by atoms with Gasteiger partial charge in [0.05, 0.1) is 13.2 Å². The van der Waals surface area contributed by atoms with Crippen LogP contribution in [0.3, 0.4) is 0 Å². The van der Waals surface area contributed by atoms with Crippen LogP contribution in [-0.2, 0) is 14.3 Å². The maximum absolute atomic E-state index is 12.0. The lowest BCUT2D eigenvalue weighted by Crippen LogP contribution is -2.11. The van der Waals surface area contributed by atoms with Crippen LogP contribution in [0.25, 0.3) is 0 Å². The van der Waals surface area contributed by atoms with E-state index in [0.29, 0.717) is 12.0 Å². The van der Waals surface area contributed by atoms with E-state index in [0.717, 1.165) is 11.3 Å². The van der Waals surface area contributed by atoms with Crippen LogP contribution in [-0.4, -0.2) is 31.1 Å². The summed E-state index contributed by atoms with van der Waals surface area (Å²) in [6.45, 7) is 7.23. The van der Waals surface area contributed by atoms with Crippen LogP contribution in [0.4, 0.5) is 0 Å². The number of carbonyl (C=O) groups is 3. The van der Waals surface area contributed by atoms with Gasteiger partial charge in [-0.25, -0.2) is 9.59 Å². The minimum atomic E-state index is -0.620. The highest BCUT2D eigenvalue weighted by Crippen LogP contribution is 2.36. The fourth-order valence-electron chi connectivity index (χ4n) is 1.71. The molecule has 6 nitrogen and oxygen atoms in total. The third-order valence-electron chi connectivity index (χ3n) is 2.68. The molecule has 0 aliphatic heterocycles. The average Bonchev–Trinajstić information content (AvgIpc) is 2.77. The number of ether oxygens (including phenoxy) is 3. The SMILES string of the molecule is CCCC(=O)Oc1c(C(=O)OCC)sc(C(=O)OCC)c1C. The molecular weight excluding hydrogens is 308 g/mol. The number of thiophene rings is 1. The Bertz CT molecular complexity index is 561. The first-order chi connectivity index (χ1) is 10.5. The number of esters is 3. The summed E-state index contributed by atoms with van der Waals surface area (Å²) in [5.74, 6) is -1.53. The van der Waals surface area contributed by atoms with E-state index in [2.05, 4.69) is 0 Å². The van der Waals surface area contributed by atoms with Gasteiger partial charge in [0.15, 0.2) is 10.6 Å². The van der Waals surface area contributed by atoms with Gasteiger partial charge in [-0.05, 0) is 27.2 Å². The fraction of sp³-hybridized carbons (Fsp3) is 0.533. The van der Waals surface area contributed by atoms with Crippen LogP contribution in [0.15, 0.2) is 0 Å². The average molecular weight is 328 g/mol. The lowest BCUT2D eigenvalue weighted by atomic mass is 10.2. The minimum absolute atomic E-state index is 0.0879. The molecule has 1 aromatic rings. The van der Waals surface area contributed by atoms with Crippen molar-refractivity contribution in [1.29, 1.82) is 0 Å². The summed E-state index contributed by atoms with van der Waals surface area (Å²) < 4.78 is 15.2. The van der Waals surface area contributed by atoms with E-state index in [9.17, 15) is 14.4 Å². The first kappa shape index (κ1) is 18.2. The van der Waals surface area contributed by atoms with Crippen molar-refractivity contribution in [3.63, 3.8) is 0 Å². The molecule has 22 heavy (non-hydrogen) atoms. The van der Waals surface area contributed by atoms with Crippen molar-refractivity contribution >= 4 is 29.2 Å². The molecule has 0 fully saturated rings. The Hall–Kier alpha value is -1.89. The van der Waals surface area contributed by atoms with E-state index in [-0.39, 0.29) is 35.1 Å². The molecule has 0 saturated carbocycles. The Kier molecular flexibility index (Phi) is 7.04. The summed E-state index contributed by atoms with van der Waals surface area (Å²) in [5.41, 5.74) is 0.413. The van der Waals surface area contributed by atoms with Crippen LogP contribution in [0.2, 0.25) is 0 Å². The molecule has 0 atom stereocenters. The molecule has 0 spiro atoms. The number of rotatable bonds is 7. The van der Waals surface area contributed by atoms with E-state index in [1.165, 1.54) is 0 Å². The van der Waals surface area contributed by atoms with Gasteiger partial charge in [-0.15, -0.1) is 11.3 Å². The van der Waals surface area contributed by atoms with Crippen molar-refractivity contribution in [3.8, 4) is 5.75 Å². The summed E-state index contributed by atoms with van der Waals surface area (Å²) in [7, 11) is 0. The molecule has 0 amide bonds. The van der Waals surface area contributed by atoms with Gasteiger partial charge in [-0.2, -0.15) is 0 Å². The second-order valence-corrected chi connectivity index (χ2v) is 5.40. The predicted octanol–water partition coefficient (Wildman–Crippen LogP) is 3.12. The molecule has 1 rings (SSSR count). The standard InChI is InChI=1S/C15H20O6S/c1-5-8-10(16)21-11-9(4)12(14(17)19-6-2)22-13(11)15(18)20-7-3/h5-8H2,1-4H3. The topological polar surface area (TPSA) is 78.9 Å². The van der Waals surface area contributed by atoms with Crippen molar-refractivity contribution in [2.24, 2.45) is 0 Å². The molecule has 0 aromatic carbocycles. The van der Waals surface area contributed by atoms with Gasteiger partial charge in [0.2, 0.25) is 0 Å². The minimum Gasteiger partial charge on any atom is -0.462 e. The first-order valence-electron chi connectivity index (χ1n) is 7.14. The highest BCUT2D eigenvalue weighted by molar-refractivity contribution is 7.16. The van der Waals surface area contributed by atoms with Crippen molar-refractivity contribution in [2.75, 3.05) is 13.2 Å². The largest absolute Gasteiger partial charge is 0.462 e. The van der Waals surface area contributed by atoms with E-state index in [1.54, 1.807) is 20.8 Å². The molecule has 0 aliphatic carbocycles. The van der Waals surface area contributed by atoms with Gasteiger partial charge in [-0.1, -0.05) is 6.92 Å². The molecule has 0 saturated heterocycles. The highest BCUT2D eigenvalue weighted by Gasteiger charge is 2.28. The van der Waals surface area contributed by atoms with Gasteiger partial charge in [0, 0.05) is 12.0 Å². The van der Waals surface area contributed by atoms with Gasteiger partial charge in [0.1, 0.15) is 4.88 Å². The summed E-state index contributed by atoms with van der Waals surface area (Å²) in [6.07, 6.45) is 0.855. The Balaban J connectivity index is 3.21. The molecule has 0 bridgehead atoms. The second-order valence-electron chi connectivity index (χ2n) is 4.38. The zero-order valence-corrected chi connectivity index (χ0v) is 14.0. The summed E-state index contributed by atoms with van der Waals surface area (Å²) in [6, 6.07) is 0. The van der Waals surface area contributed by atoms with Crippen molar-refractivity contribution in [2.45, 2.75) is 40.5 Å². The quantitative estimate of drug-likeness (QED) is 0.716. The van der Waals surface area contributed by atoms with Crippen molar-refractivity contribution in [1.82, 2.24) is 0 Å². The Morgan fingerprint density at radius 2 is 1.50 bits per heavy atom. The smallest absolute Gasteiger partial charge is 0.352 e. The zero-order valence-electron chi connectivity index (χ0n) is 13.2. The Labute approximate surface area is 133 Å². The molecule has 0 aliphatic rings. The molecule has 0 N–H and O–H groups in total. The Morgan fingerprint density at radius 3 is 2.00 bits per heavy atom.